The molecule has 8 nitrogen and oxygen atoms in total. The van der Waals surface area contributed by atoms with Crippen molar-refractivity contribution in [3.63, 3.8) is 0 Å². The van der Waals surface area contributed by atoms with Gasteiger partial charge >= 0.3 is 5.69 Å². The molecular weight excluding hydrogens is 518 g/mol. The zero-order chi connectivity index (χ0) is 28.1. The van der Waals surface area contributed by atoms with E-state index in [9.17, 15) is 4.79 Å². The lowest BCUT2D eigenvalue weighted by Gasteiger charge is -2.41. The molecule has 1 saturated heterocycles. The zero-order valence-corrected chi connectivity index (χ0v) is 25.4. The summed E-state index contributed by atoms with van der Waals surface area (Å²) in [4.78, 5) is 26.7. The highest BCUT2D eigenvalue weighted by Gasteiger charge is 2.40. The van der Waals surface area contributed by atoms with Gasteiger partial charge in [0.25, 0.3) is 0 Å². The van der Waals surface area contributed by atoms with Crippen LogP contribution in [0.3, 0.4) is 0 Å². The van der Waals surface area contributed by atoms with E-state index in [1.165, 1.54) is 0 Å². The number of hydrogen-bond acceptors (Lipinski definition) is 5. The predicted molar refractivity (Wildman–Crippen MR) is 163 cm³/mol. The Kier molecular flexibility index (Phi) is 7.09. The third kappa shape index (κ3) is 5.10. The molecule has 0 aromatic carbocycles. The normalized spacial score (nSPS) is 20.8. The summed E-state index contributed by atoms with van der Waals surface area (Å²) in [7, 11) is -1.92. The molecule has 0 radical (unpaired) electrons. The van der Waals surface area contributed by atoms with Crippen LogP contribution >= 0.6 is 0 Å². The molecule has 2 atom stereocenters. The Labute approximate surface area is 236 Å². The number of H-pyrrole nitrogens is 1. The minimum atomic E-state index is -1.92. The topological polar surface area (TPSA) is 87.0 Å². The number of imidazole rings is 1. The first-order valence-electron chi connectivity index (χ1n) is 14.6. The van der Waals surface area contributed by atoms with Gasteiger partial charge in [-0.3, -0.25) is 4.57 Å². The van der Waals surface area contributed by atoms with Crippen LogP contribution in [0.2, 0.25) is 18.1 Å². The second-order valence-corrected chi connectivity index (χ2v) is 17.8. The van der Waals surface area contributed by atoms with E-state index in [-0.39, 0.29) is 22.7 Å². The second kappa shape index (κ2) is 10.4. The minimum absolute atomic E-state index is 0.0144. The van der Waals surface area contributed by atoms with Crippen molar-refractivity contribution in [1.29, 1.82) is 0 Å². The van der Waals surface area contributed by atoms with E-state index in [0.29, 0.717) is 19.8 Å². The molecule has 1 fully saturated rings. The standard InChI is InChI=1S/C31H41N5O3Si/c1-31(2,3)40(4,5)39-26-13-21(19-38-20-26)18-35-27-15-24(23-14-22-11-12-32-28(22)33-16-23)17-34-29(27)36(30(35)37)25-9-7-6-8-10-25/h9,11-12,14-17,21,26H,6-8,10,13,18-20H2,1-5H3,(H,32,33)/t21-,26+/m0/s1. The van der Waals surface area contributed by atoms with Gasteiger partial charge in [-0.1, -0.05) is 26.8 Å². The summed E-state index contributed by atoms with van der Waals surface area (Å²) in [5.41, 5.74) is 5.42. The number of aromatic amines is 1. The summed E-state index contributed by atoms with van der Waals surface area (Å²) >= 11 is 0. The van der Waals surface area contributed by atoms with E-state index in [2.05, 4.69) is 62.0 Å². The lowest BCUT2D eigenvalue weighted by atomic mass is 10.0. The number of aromatic nitrogens is 5. The summed E-state index contributed by atoms with van der Waals surface area (Å²) in [6, 6.07) is 6.24. The number of hydrogen-bond donors (Lipinski definition) is 1. The smallest absolute Gasteiger partial charge is 0.334 e. The molecule has 4 aromatic heterocycles. The molecule has 0 spiro atoms. The maximum Gasteiger partial charge on any atom is 0.334 e. The van der Waals surface area contributed by atoms with Crippen LogP contribution in [0.25, 0.3) is 39.0 Å². The van der Waals surface area contributed by atoms with Crippen molar-refractivity contribution in [3.05, 3.63) is 53.3 Å². The largest absolute Gasteiger partial charge is 0.412 e. The summed E-state index contributed by atoms with van der Waals surface area (Å²) < 4.78 is 16.6. The molecule has 6 rings (SSSR count). The molecule has 40 heavy (non-hydrogen) atoms. The van der Waals surface area contributed by atoms with Crippen LogP contribution in [0.15, 0.2) is 47.7 Å². The molecule has 0 unspecified atom stereocenters. The summed E-state index contributed by atoms with van der Waals surface area (Å²) in [6.07, 6.45) is 12.9. The number of ether oxygens (including phenoxy) is 1. The average molecular weight is 560 g/mol. The molecular formula is C31H41N5O3Si. The lowest BCUT2D eigenvalue weighted by molar-refractivity contribution is -0.0338. The van der Waals surface area contributed by atoms with Crippen LogP contribution in [0, 0.1) is 5.92 Å². The number of rotatable bonds is 6. The Morgan fingerprint density at radius 2 is 1.93 bits per heavy atom. The quantitative estimate of drug-likeness (QED) is 0.270. The average Bonchev–Trinajstić information content (AvgIpc) is 3.50. The van der Waals surface area contributed by atoms with Crippen molar-refractivity contribution >= 4 is 36.2 Å². The Balaban J connectivity index is 1.37. The molecule has 5 heterocycles. The Bertz CT molecular complexity index is 1620. The fourth-order valence-electron chi connectivity index (χ4n) is 5.78. The number of nitrogens with zero attached hydrogens (tertiary/aromatic N) is 4. The number of allylic oxidation sites excluding steroid dienone is 2. The fourth-order valence-corrected chi connectivity index (χ4v) is 7.13. The summed E-state index contributed by atoms with van der Waals surface area (Å²) in [5.74, 6) is 0.183. The maximum absolute atomic E-state index is 14.1. The maximum atomic E-state index is 14.1. The Morgan fingerprint density at radius 3 is 2.70 bits per heavy atom. The van der Waals surface area contributed by atoms with Crippen molar-refractivity contribution in [2.45, 2.75) is 83.7 Å². The molecule has 1 N–H and O–H groups in total. The Morgan fingerprint density at radius 1 is 1.12 bits per heavy atom. The van der Waals surface area contributed by atoms with E-state index in [1.54, 1.807) is 0 Å². The van der Waals surface area contributed by atoms with Gasteiger partial charge in [0, 0.05) is 53.3 Å². The second-order valence-electron chi connectivity index (χ2n) is 13.0. The van der Waals surface area contributed by atoms with E-state index >= 15 is 0 Å². The number of pyridine rings is 2. The highest BCUT2D eigenvalue weighted by Crippen LogP contribution is 2.38. The number of nitrogens with one attached hydrogen (secondary N) is 1. The highest BCUT2D eigenvalue weighted by atomic mass is 28.4. The lowest BCUT2D eigenvalue weighted by Crippen LogP contribution is -2.47. The van der Waals surface area contributed by atoms with Crippen LogP contribution in [0.5, 0.6) is 0 Å². The van der Waals surface area contributed by atoms with Gasteiger partial charge in [0.1, 0.15) is 5.65 Å². The van der Waals surface area contributed by atoms with Crippen molar-refractivity contribution in [2.24, 2.45) is 5.92 Å². The monoisotopic (exact) mass is 559 g/mol. The third-order valence-corrected chi connectivity index (χ3v) is 13.6. The van der Waals surface area contributed by atoms with E-state index in [4.69, 9.17) is 14.1 Å². The highest BCUT2D eigenvalue weighted by molar-refractivity contribution is 6.74. The van der Waals surface area contributed by atoms with Crippen LogP contribution in [0.1, 0.15) is 52.9 Å². The van der Waals surface area contributed by atoms with Crippen molar-refractivity contribution in [2.75, 3.05) is 13.2 Å². The van der Waals surface area contributed by atoms with Crippen LogP contribution in [0.4, 0.5) is 0 Å². The van der Waals surface area contributed by atoms with E-state index < -0.39 is 8.32 Å². The third-order valence-electron chi connectivity index (χ3n) is 9.02. The van der Waals surface area contributed by atoms with Gasteiger partial charge in [-0.05, 0) is 68.4 Å². The molecule has 212 valence electrons. The first-order valence-corrected chi connectivity index (χ1v) is 17.5. The first kappa shape index (κ1) is 27.2. The molecule has 0 bridgehead atoms. The zero-order valence-electron chi connectivity index (χ0n) is 24.4. The molecule has 0 saturated carbocycles. The SMILES string of the molecule is CC(C)(C)[Si](C)(C)O[C@H]1COC[C@H](Cn2c(=O)n(C3=CCCCC3)c3ncc(-c4cnc5[nH]ccc5c4)cc32)C1. The van der Waals surface area contributed by atoms with Crippen LogP contribution in [-0.2, 0) is 15.7 Å². The summed E-state index contributed by atoms with van der Waals surface area (Å²) in [5, 5.41) is 1.19. The molecule has 0 amide bonds. The van der Waals surface area contributed by atoms with Gasteiger partial charge in [-0.25, -0.2) is 19.3 Å². The molecule has 9 heteroatoms. The minimum Gasteiger partial charge on any atom is -0.412 e. The van der Waals surface area contributed by atoms with Crippen molar-refractivity contribution in [3.8, 4) is 11.1 Å². The van der Waals surface area contributed by atoms with Gasteiger partial charge in [0.2, 0.25) is 0 Å². The fraction of sp³-hybridized carbons (Fsp3) is 0.516. The van der Waals surface area contributed by atoms with E-state index in [1.807, 2.05) is 33.8 Å². The predicted octanol–water partition coefficient (Wildman–Crippen LogP) is 6.58. The molecule has 2 aliphatic rings. The number of fused-ring (bicyclic) bond motifs is 2. The molecule has 4 aromatic rings. The van der Waals surface area contributed by atoms with E-state index in [0.717, 1.165) is 71.1 Å². The van der Waals surface area contributed by atoms with Gasteiger partial charge in [-0.15, -0.1) is 0 Å². The first-order chi connectivity index (χ1) is 19.1. The molecule has 1 aliphatic heterocycles. The molecule has 1 aliphatic carbocycles. The van der Waals surface area contributed by atoms with Gasteiger partial charge < -0.3 is 14.1 Å². The van der Waals surface area contributed by atoms with Crippen LogP contribution < -0.4 is 5.69 Å². The Hall–Kier alpha value is -3.01. The van der Waals surface area contributed by atoms with Crippen LogP contribution in [-0.4, -0.2) is 51.7 Å². The van der Waals surface area contributed by atoms with Gasteiger partial charge in [0.15, 0.2) is 14.0 Å². The summed E-state index contributed by atoms with van der Waals surface area (Å²) in [6.45, 7) is 13.2. The van der Waals surface area contributed by atoms with Gasteiger partial charge in [0.05, 0.1) is 24.8 Å². The van der Waals surface area contributed by atoms with Gasteiger partial charge in [-0.2, -0.15) is 0 Å². The van der Waals surface area contributed by atoms with Crippen molar-refractivity contribution < 1.29 is 9.16 Å². The van der Waals surface area contributed by atoms with Crippen molar-refractivity contribution in [1.82, 2.24) is 24.1 Å².